The summed E-state index contributed by atoms with van der Waals surface area (Å²) in [6.07, 6.45) is 2.17. The van der Waals surface area contributed by atoms with E-state index >= 15 is 0 Å². The molecule has 3 rings (SSSR count). The third kappa shape index (κ3) is 2.32. The second-order valence-electron chi connectivity index (χ2n) is 5.95. The van der Waals surface area contributed by atoms with Crippen LogP contribution in [0.25, 0.3) is 0 Å². The maximum atomic E-state index is 6.00. The minimum absolute atomic E-state index is 0.100. The molecule has 0 amide bonds. The number of fused-ring (bicyclic) bond motifs is 1. The van der Waals surface area contributed by atoms with Crippen molar-refractivity contribution in [1.29, 1.82) is 0 Å². The molecule has 1 unspecified atom stereocenters. The zero-order valence-electron chi connectivity index (χ0n) is 11.2. The third-order valence-electron chi connectivity index (χ3n) is 3.69. The molecule has 98 valence electrons. The second kappa shape index (κ2) is 4.47. The van der Waals surface area contributed by atoms with Crippen LogP contribution < -0.4 is 14.8 Å². The topological polar surface area (TPSA) is 30.5 Å². The monoisotopic (exact) mass is 247 g/mol. The Bertz CT molecular complexity index is 436. The van der Waals surface area contributed by atoms with Gasteiger partial charge in [-0.05, 0) is 32.9 Å². The first-order valence-corrected chi connectivity index (χ1v) is 6.78. The molecule has 0 aliphatic carbocycles. The normalized spacial score (nSPS) is 24.7. The molecule has 1 saturated heterocycles. The number of hydrogen-bond donors (Lipinski definition) is 1. The van der Waals surface area contributed by atoms with Crippen molar-refractivity contribution in [2.75, 3.05) is 19.7 Å². The summed E-state index contributed by atoms with van der Waals surface area (Å²) in [5.41, 5.74) is 1.17. The molecule has 2 aliphatic rings. The number of benzene rings is 1. The Morgan fingerprint density at radius 1 is 1.44 bits per heavy atom. The van der Waals surface area contributed by atoms with Gasteiger partial charge in [0.25, 0.3) is 0 Å². The van der Waals surface area contributed by atoms with Crippen molar-refractivity contribution in [3.63, 3.8) is 0 Å². The average molecular weight is 247 g/mol. The van der Waals surface area contributed by atoms with Crippen molar-refractivity contribution in [2.24, 2.45) is 5.92 Å². The molecule has 0 radical (unpaired) electrons. The van der Waals surface area contributed by atoms with Gasteiger partial charge < -0.3 is 14.8 Å². The van der Waals surface area contributed by atoms with Crippen LogP contribution in [0.15, 0.2) is 18.2 Å². The van der Waals surface area contributed by atoms with Gasteiger partial charge in [0.15, 0.2) is 11.5 Å². The van der Waals surface area contributed by atoms with E-state index in [9.17, 15) is 0 Å². The molecular weight excluding hydrogens is 226 g/mol. The standard InChI is InChI=1S/C15H21NO2/c1-15(2)8-12-4-3-5-13(14(12)18-15)17-10-11-6-7-16-9-11/h3-5,11,16H,6-10H2,1-2H3. The quantitative estimate of drug-likeness (QED) is 0.889. The first kappa shape index (κ1) is 11.8. The van der Waals surface area contributed by atoms with Crippen LogP contribution in [0.5, 0.6) is 11.5 Å². The van der Waals surface area contributed by atoms with Gasteiger partial charge in [-0.2, -0.15) is 0 Å². The first-order valence-electron chi connectivity index (χ1n) is 6.78. The van der Waals surface area contributed by atoms with E-state index in [1.54, 1.807) is 0 Å². The number of para-hydroxylation sites is 1. The van der Waals surface area contributed by atoms with Crippen molar-refractivity contribution < 1.29 is 9.47 Å². The summed E-state index contributed by atoms with van der Waals surface area (Å²) in [7, 11) is 0. The minimum Gasteiger partial charge on any atom is -0.489 e. The molecule has 1 atom stereocenters. The average Bonchev–Trinajstić information content (AvgIpc) is 2.91. The molecule has 0 bridgehead atoms. The van der Waals surface area contributed by atoms with Gasteiger partial charge in [0, 0.05) is 24.4 Å². The fourth-order valence-corrected chi connectivity index (χ4v) is 2.77. The van der Waals surface area contributed by atoms with E-state index in [1.807, 2.05) is 6.07 Å². The van der Waals surface area contributed by atoms with Crippen molar-refractivity contribution >= 4 is 0 Å². The van der Waals surface area contributed by atoms with Crippen LogP contribution in [0.2, 0.25) is 0 Å². The highest BCUT2D eigenvalue weighted by Gasteiger charge is 2.32. The van der Waals surface area contributed by atoms with E-state index < -0.39 is 0 Å². The number of rotatable bonds is 3. The van der Waals surface area contributed by atoms with Crippen LogP contribution in [0.1, 0.15) is 25.8 Å². The van der Waals surface area contributed by atoms with Gasteiger partial charge in [-0.3, -0.25) is 0 Å². The SMILES string of the molecule is CC1(C)Cc2cccc(OCC3CCNC3)c2O1. The van der Waals surface area contributed by atoms with Crippen LogP contribution in [-0.4, -0.2) is 25.3 Å². The van der Waals surface area contributed by atoms with Crippen molar-refractivity contribution in [3.05, 3.63) is 23.8 Å². The fourth-order valence-electron chi connectivity index (χ4n) is 2.77. The van der Waals surface area contributed by atoms with E-state index in [0.717, 1.165) is 37.6 Å². The van der Waals surface area contributed by atoms with Crippen molar-refractivity contribution in [3.8, 4) is 11.5 Å². The van der Waals surface area contributed by atoms with Gasteiger partial charge in [-0.1, -0.05) is 12.1 Å². The largest absolute Gasteiger partial charge is 0.489 e. The highest BCUT2D eigenvalue weighted by atomic mass is 16.5. The smallest absolute Gasteiger partial charge is 0.165 e. The lowest BCUT2D eigenvalue weighted by molar-refractivity contribution is 0.130. The molecule has 18 heavy (non-hydrogen) atoms. The van der Waals surface area contributed by atoms with Crippen LogP contribution in [0.4, 0.5) is 0 Å². The maximum Gasteiger partial charge on any atom is 0.165 e. The van der Waals surface area contributed by atoms with Crippen molar-refractivity contribution in [2.45, 2.75) is 32.3 Å². The summed E-state index contributed by atoms with van der Waals surface area (Å²) in [6.45, 7) is 7.22. The van der Waals surface area contributed by atoms with E-state index in [2.05, 4.69) is 31.3 Å². The van der Waals surface area contributed by atoms with Gasteiger partial charge >= 0.3 is 0 Å². The van der Waals surface area contributed by atoms with Gasteiger partial charge in [-0.25, -0.2) is 0 Å². The summed E-state index contributed by atoms with van der Waals surface area (Å²) in [6, 6.07) is 6.21. The van der Waals surface area contributed by atoms with Crippen LogP contribution in [0.3, 0.4) is 0 Å². The lowest BCUT2D eigenvalue weighted by atomic mass is 10.0. The predicted molar refractivity (Wildman–Crippen MR) is 71.3 cm³/mol. The third-order valence-corrected chi connectivity index (χ3v) is 3.69. The van der Waals surface area contributed by atoms with Gasteiger partial charge in [0.05, 0.1) is 6.61 Å². The fraction of sp³-hybridized carbons (Fsp3) is 0.600. The molecule has 2 aliphatic heterocycles. The molecular formula is C15H21NO2. The minimum atomic E-state index is -0.100. The zero-order valence-corrected chi connectivity index (χ0v) is 11.2. The summed E-state index contributed by atoms with van der Waals surface area (Å²) in [4.78, 5) is 0. The van der Waals surface area contributed by atoms with E-state index in [0.29, 0.717) is 5.92 Å². The van der Waals surface area contributed by atoms with Gasteiger partial charge in [0.2, 0.25) is 0 Å². The molecule has 1 fully saturated rings. The van der Waals surface area contributed by atoms with Gasteiger partial charge in [-0.15, -0.1) is 0 Å². The van der Waals surface area contributed by atoms with Crippen LogP contribution in [-0.2, 0) is 6.42 Å². The Morgan fingerprint density at radius 3 is 3.11 bits per heavy atom. The summed E-state index contributed by atoms with van der Waals surface area (Å²) >= 11 is 0. The lowest BCUT2D eigenvalue weighted by Gasteiger charge is -2.18. The molecule has 1 aromatic rings. The Kier molecular flexibility index (Phi) is 2.94. The molecule has 1 aromatic carbocycles. The summed E-state index contributed by atoms with van der Waals surface area (Å²) < 4.78 is 12.0. The van der Waals surface area contributed by atoms with Gasteiger partial charge in [0.1, 0.15) is 5.60 Å². The van der Waals surface area contributed by atoms with Crippen LogP contribution in [0, 0.1) is 5.92 Å². The predicted octanol–water partition coefficient (Wildman–Crippen LogP) is 2.39. The van der Waals surface area contributed by atoms with Crippen LogP contribution >= 0.6 is 0 Å². The molecule has 0 saturated carbocycles. The second-order valence-corrected chi connectivity index (χ2v) is 5.95. The zero-order chi connectivity index (χ0) is 12.6. The van der Waals surface area contributed by atoms with E-state index in [4.69, 9.17) is 9.47 Å². The summed E-state index contributed by atoms with van der Waals surface area (Å²) in [5, 5.41) is 3.36. The number of hydrogen-bond acceptors (Lipinski definition) is 3. The maximum absolute atomic E-state index is 6.00. The summed E-state index contributed by atoms with van der Waals surface area (Å²) in [5.74, 6) is 2.49. The van der Waals surface area contributed by atoms with E-state index in [1.165, 1.54) is 12.0 Å². The molecule has 3 heteroatoms. The first-order chi connectivity index (χ1) is 8.64. The molecule has 3 nitrogen and oxygen atoms in total. The molecule has 1 N–H and O–H groups in total. The lowest BCUT2D eigenvalue weighted by Crippen LogP contribution is -2.24. The highest BCUT2D eigenvalue weighted by Crippen LogP contribution is 2.41. The van der Waals surface area contributed by atoms with Crippen molar-refractivity contribution in [1.82, 2.24) is 5.32 Å². The number of nitrogens with one attached hydrogen (secondary N) is 1. The Labute approximate surface area is 108 Å². The van der Waals surface area contributed by atoms with E-state index in [-0.39, 0.29) is 5.60 Å². The highest BCUT2D eigenvalue weighted by molar-refractivity contribution is 5.50. The Hall–Kier alpha value is -1.22. The Balaban J connectivity index is 1.72. The number of ether oxygens (including phenoxy) is 2. The Morgan fingerprint density at radius 2 is 2.33 bits per heavy atom. The molecule has 0 spiro atoms. The molecule has 2 heterocycles. The molecule has 0 aromatic heterocycles.